The van der Waals surface area contributed by atoms with Crippen molar-refractivity contribution < 1.29 is 0 Å². The number of nitrogens with one attached hydrogen (secondary N) is 1. The van der Waals surface area contributed by atoms with E-state index >= 15 is 0 Å². The Kier molecular flexibility index (Phi) is 5.88. The van der Waals surface area contributed by atoms with Gasteiger partial charge >= 0.3 is 0 Å². The first-order chi connectivity index (χ1) is 9.96. The van der Waals surface area contributed by atoms with Gasteiger partial charge in [0.2, 0.25) is 0 Å². The van der Waals surface area contributed by atoms with Crippen molar-refractivity contribution in [2.45, 2.75) is 45.4 Å². The van der Waals surface area contributed by atoms with Crippen LogP contribution in [0.3, 0.4) is 0 Å². The number of hydrogen-bond acceptors (Lipinski definition) is 5. The van der Waals surface area contributed by atoms with E-state index in [2.05, 4.69) is 54.7 Å². The van der Waals surface area contributed by atoms with Crippen LogP contribution in [0.25, 0.3) is 0 Å². The summed E-state index contributed by atoms with van der Waals surface area (Å²) in [5, 5.41) is 3.43. The minimum absolute atomic E-state index is 0.374. The highest BCUT2D eigenvalue weighted by Crippen LogP contribution is 2.31. The Morgan fingerprint density at radius 1 is 1.33 bits per heavy atom. The summed E-state index contributed by atoms with van der Waals surface area (Å²) in [7, 11) is 0. The lowest BCUT2D eigenvalue weighted by molar-refractivity contribution is 0.547. The lowest BCUT2D eigenvalue weighted by atomic mass is 10.1. The normalized spacial score (nSPS) is 18.8. The molecule has 1 N–H and O–H groups in total. The van der Waals surface area contributed by atoms with Gasteiger partial charge in [-0.2, -0.15) is 11.8 Å². The molecular weight excluding hydrogens is 280 g/mol. The van der Waals surface area contributed by atoms with Crippen molar-refractivity contribution in [1.29, 1.82) is 0 Å². The van der Waals surface area contributed by atoms with E-state index in [1.807, 2.05) is 12.4 Å². The highest BCUT2D eigenvalue weighted by molar-refractivity contribution is 8.00. The summed E-state index contributed by atoms with van der Waals surface area (Å²) in [6.45, 7) is 13.0. The van der Waals surface area contributed by atoms with Gasteiger partial charge in [0.15, 0.2) is 0 Å². The van der Waals surface area contributed by atoms with Crippen molar-refractivity contribution in [2.24, 2.45) is 5.92 Å². The predicted octanol–water partition coefficient (Wildman–Crippen LogP) is 2.94. The van der Waals surface area contributed by atoms with Crippen molar-refractivity contribution in [3.05, 3.63) is 18.1 Å². The fourth-order valence-corrected chi connectivity index (χ4v) is 3.47. The smallest absolute Gasteiger partial charge is 0.147 e. The Morgan fingerprint density at radius 3 is 2.90 bits per heavy atom. The van der Waals surface area contributed by atoms with Crippen molar-refractivity contribution in [2.75, 3.05) is 30.3 Å². The molecule has 1 fully saturated rings. The molecule has 4 nitrogen and oxygen atoms in total. The Bertz CT molecular complexity index is 448. The molecule has 0 aromatic carbocycles. The molecule has 1 saturated heterocycles. The molecule has 1 aromatic heterocycles. The van der Waals surface area contributed by atoms with Crippen LogP contribution in [0, 0.1) is 5.92 Å². The third kappa shape index (κ3) is 5.47. The highest BCUT2D eigenvalue weighted by Gasteiger charge is 2.24. The van der Waals surface area contributed by atoms with Crippen LogP contribution in [0.15, 0.2) is 12.4 Å². The van der Waals surface area contributed by atoms with Crippen LogP contribution in [0.1, 0.15) is 39.8 Å². The molecule has 2 rings (SSSR count). The molecule has 0 unspecified atom stereocenters. The first kappa shape index (κ1) is 16.6. The zero-order valence-electron chi connectivity index (χ0n) is 13.7. The van der Waals surface area contributed by atoms with E-state index < -0.39 is 0 Å². The van der Waals surface area contributed by atoms with E-state index in [4.69, 9.17) is 4.98 Å². The summed E-state index contributed by atoms with van der Waals surface area (Å²) >= 11 is 2.06. The van der Waals surface area contributed by atoms with Crippen LogP contribution >= 0.6 is 11.8 Å². The van der Waals surface area contributed by atoms with Gasteiger partial charge in [-0.1, -0.05) is 27.7 Å². The summed E-state index contributed by atoms with van der Waals surface area (Å²) < 4.78 is 0.374. The van der Waals surface area contributed by atoms with Gasteiger partial charge in [0.25, 0.3) is 0 Å². The van der Waals surface area contributed by atoms with Gasteiger partial charge in [0.05, 0.1) is 11.9 Å². The zero-order chi connectivity index (χ0) is 15.3. The van der Waals surface area contributed by atoms with Gasteiger partial charge in [-0.15, -0.1) is 0 Å². The molecule has 1 aliphatic rings. The zero-order valence-corrected chi connectivity index (χ0v) is 14.5. The summed E-state index contributed by atoms with van der Waals surface area (Å²) in [4.78, 5) is 11.5. The van der Waals surface area contributed by atoms with E-state index in [0.29, 0.717) is 10.7 Å². The molecule has 118 valence electrons. The quantitative estimate of drug-likeness (QED) is 0.906. The van der Waals surface area contributed by atoms with Crippen LogP contribution in [-0.4, -0.2) is 40.1 Å². The lowest BCUT2D eigenvalue weighted by Crippen LogP contribution is -2.28. The Hall–Kier alpha value is -0.810. The molecule has 0 aliphatic carbocycles. The maximum atomic E-state index is 4.77. The number of thioether (sulfide) groups is 1. The number of aromatic nitrogens is 2. The molecule has 0 radical (unpaired) electrons. The standard InChI is InChI=1S/C16H28N4S/c1-13(2)9-17-10-14-11-18-12-15(19-14)20-6-5-16(3,4)21-8-7-20/h11-13,17H,5-10H2,1-4H3. The fraction of sp³-hybridized carbons (Fsp3) is 0.750. The summed E-state index contributed by atoms with van der Waals surface area (Å²) in [6.07, 6.45) is 4.96. The first-order valence-corrected chi connectivity index (χ1v) is 8.85. The van der Waals surface area contributed by atoms with E-state index in [0.717, 1.165) is 43.4 Å². The average Bonchev–Trinajstić information content (AvgIpc) is 2.60. The molecule has 1 aromatic rings. The molecule has 2 heterocycles. The number of nitrogens with zero attached hydrogens (tertiary/aromatic N) is 3. The summed E-state index contributed by atoms with van der Waals surface area (Å²) in [5.74, 6) is 2.84. The Labute approximate surface area is 133 Å². The minimum Gasteiger partial charge on any atom is -0.354 e. The molecular formula is C16H28N4S. The van der Waals surface area contributed by atoms with Gasteiger partial charge in [-0.05, 0) is 18.9 Å². The van der Waals surface area contributed by atoms with Crippen molar-refractivity contribution in [3.63, 3.8) is 0 Å². The van der Waals surface area contributed by atoms with E-state index in [1.54, 1.807) is 0 Å². The van der Waals surface area contributed by atoms with Gasteiger partial charge in [0.1, 0.15) is 5.82 Å². The van der Waals surface area contributed by atoms with E-state index in [1.165, 1.54) is 6.42 Å². The molecule has 0 spiro atoms. The van der Waals surface area contributed by atoms with Crippen LogP contribution in [0.5, 0.6) is 0 Å². The van der Waals surface area contributed by atoms with Crippen molar-refractivity contribution >= 4 is 17.6 Å². The second-order valence-electron chi connectivity index (χ2n) is 6.74. The number of hydrogen-bond donors (Lipinski definition) is 1. The van der Waals surface area contributed by atoms with E-state index in [-0.39, 0.29) is 0 Å². The average molecular weight is 308 g/mol. The monoisotopic (exact) mass is 308 g/mol. The third-order valence-electron chi connectivity index (χ3n) is 3.69. The van der Waals surface area contributed by atoms with Gasteiger partial charge in [0, 0.05) is 36.3 Å². The second kappa shape index (κ2) is 7.45. The van der Waals surface area contributed by atoms with Crippen molar-refractivity contribution in [1.82, 2.24) is 15.3 Å². The fourth-order valence-electron chi connectivity index (χ4n) is 2.37. The second-order valence-corrected chi connectivity index (χ2v) is 8.54. The lowest BCUT2D eigenvalue weighted by Gasteiger charge is -2.23. The van der Waals surface area contributed by atoms with Gasteiger partial charge < -0.3 is 10.2 Å². The first-order valence-electron chi connectivity index (χ1n) is 7.87. The highest BCUT2D eigenvalue weighted by atomic mass is 32.2. The number of rotatable bonds is 5. The van der Waals surface area contributed by atoms with Gasteiger partial charge in [-0.25, -0.2) is 4.98 Å². The molecule has 0 amide bonds. The SMILES string of the molecule is CC(C)CNCc1cncc(N2CCSC(C)(C)CC2)n1. The van der Waals surface area contributed by atoms with Crippen LogP contribution in [0.2, 0.25) is 0 Å². The Balaban J connectivity index is 1.96. The predicted molar refractivity (Wildman–Crippen MR) is 91.9 cm³/mol. The molecule has 1 aliphatic heterocycles. The molecule has 0 saturated carbocycles. The topological polar surface area (TPSA) is 41.1 Å². The van der Waals surface area contributed by atoms with Crippen molar-refractivity contribution in [3.8, 4) is 0 Å². The Morgan fingerprint density at radius 2 is 2.14 bits per heavy atom. The summed E-state index contributed by atoms with van der Waals surface area (Å²) in [5.41, 5.74) is 1.03. The third-order valence-corrected chi connectivity index (χ3v) is 5.06. The van der Waals surface area contributed by atoms with Gasteiger partial charge in [-0.3, -0.25) is 4.98 Å². The molecule has 5 heteroatoms. The molecule has 0 atom stereocenters. The molecule has 0 bridgehead atoms. The van der Waals surface area contributed by atoms with Crippen LogP contribution in [0.4, 0.5) is 5.82 Å². The largest absolute Gasteiger partial charge is 0.354 e. The maximum Gasteiger partial charge on any atom is 0.147 e. The van der Waals surface area contributed by atoms with Crippen LogP contribution in [-0.2, 0) is 6.54 Å². The van der Waals surface area contributed by atoms with Crippen LogP contribution < -0.4 is 10.2 Å². The summed E-state index contributed by atoms with van der Waals surface area (Å²) in [6, 6.07) is 0. The number of anilines is 1. The van der Waals surface area contributed by atoms with E-state index in [9.17, 15) is 0 Å². The minimum atomic E-state index is 0.374. The molecule has 21 heavy (non-hydrogen) atoms. The maximum absolute atomic E-state index is 4.77.